The van der Waals surface area contributed by atoms with Crippen LogP contribution in [-0.4, -0.2) is 10.4 Å². The number of para-hydroxylation sites is 1. The van der Waals surface area contributed by atoms with Gasteiger partial charge in [-0.15, -0.1) is 11.3 Å². The molecule has 9 rings (SSSR count). The van der Waals surface area contributed by atoms with Crippen molar-refractivity contribution in [3.8, 4) is 16.8 Å². The fraction of sp³-hybridized carbons (Fsp3) is 0.0263. The monoisotopic (exact) mass is 570 g/mol. The molecule has 3 heterocycles. The number of fused-ring (bicyclic) bond motifs is 6. The number of amidine groups is 1. The summed E-state index contributed by atoms with van der Waals surface area (Å²) in [5.41, 5.74) is 14.8. The van der Waals surface area contributed by atoms with Gasteiger partial charge in [-0.2, -0.15) is 0 Å². The Morgan fingerprint density at radius 3 is 2.19 bits per heavy atom. The van der Waals surface area contributed by atoms with Gasteiger partial charge < -0.3 is 9.99 Å². The highest BCUT2D eigenvalue weighted by molar-refractivity contribution is 7.26. The van der Waals surface area contributed by atoms with Crippen molar-refractivity contribution in [2.45, 2.75) is 6.17 Å². The Morgan fingerprint density at radius 2 is 1.30 bits per heavy atom. The maximum absolute atomic E-state index is 4.90. The average Bonchev–Trinajstić information content (AvgIpc) is 3.79. The van der Waals surface area contributed by atoms with Crippen molar-refractivity contribution < 1.29 is 0 Å². The van der Waals surface area contributed by atoms with Crippen LogP contribution in [0.4, 0.5) is 0 Å². The molecule has 8 aromatic rings. The summed E-state index contributed by atoms with van der Waals surface area (Å²) in [7, 11) is 0. The first-order valence-corrected chi connectivity index (χ1v) is 15.3. The third-order valence-electron chi connectivity index (χ3n) is 8.49. The van der Waals surface area contributed by atoms with Gasteiger partial charge >= 0.3 is 0 Å². The molecule has 1 atom stereocenters. The van der Waals surface area contributed by atoms with E-state index in [-0.39, 0.29) is 6.17 Å². The van der Waals surface area contributed by atoms with E-state index in [0.29, 0.717) is 0 Å². The van der Waals surface area contributed by atoms with E-state index < -0.39 is 0 Å². The summed E-state index contributed by atoms with van der Waals surface area (Å²) in [6.45, 7) is 0. The Hall–Kier alpha value is -5.23. The second-order valence-electron chi connectivity index (χ2n) is 11.0. The van der Waals surface area contributed by atoms with Gasteiger partial charge in [0.1, 0.15) is 12.0 Å². The zero-order valence-electron chi connectivity index (χ0n) is 23.2. The van der Waals surface area contributed by atoms with Gasteiger partial charge in [-0.05, 0) is 59.2 Å². The SMILES string of the molecule is c1ccc(C2N=C(c3ccc(-n4c5ccccc5c5ccc(-c6cccc7c6sc6ccccc67)cc54)cc3)NN2)cc1. The largest absolute Gasteiger partial charge is 0.309 e. The molecule has 1 aliphatic heterocycles. The molecule has 0 radical (unpaired) electrons. The molecule has 204 valence electrons. The first-order chi connectivity index (χ1) is 21.3. The maximum Gasteiger partial charge on any atom is 0.144 e. The van der Waals surface area contributed by atoms with E-state index >= 15 is 0 Å². The van der Waals surface area contributed by atoms with Crippen molar-refractivity contribution in [2.24, 2.45) is 4.99 Å². The Bertz CT molecular complexity index is 2350. The Balaban J connectivity index is 1.17. The van der Waals surface area contributed by atoms with Crippen LogP contribution in [0.3, 0.4) is 0 Å². The third-order valence-corrected chi connectivity index (χ3v) is 9.71. The van der Waals surface area contributed by atoms with Crippen LogP contribution >= 0.6 is 11.3 Å². The molecular weight excluding hydrogens is 545 g/mol. The van der Waals surface area contributed by atoms with Crippen LogP contribution in [0.1, 0.15) is 17.3 Å². The minimum atomic E-state index is -0.1000. The zero-order valence-corrected chi connectivity index (χ0v) is 24.0. The summed E-state index contributed by atoms with van der Waals surface area (Å²) >= 11 is 1.88. The van der Waals surface area contributed by atoms with Crippen LogP contribution in [0.5, 0.6) is 0 Å². The van der Waals surface area contributed by atoms with Gasteiger partial charge in [-0.3, -0.25) is 0 Å². The molecule has 43 heavy (non-hydrogen) atoms. The van der Waals surface area contributed by atoms with Crippen molar-refractivity contribution in [1.82, 2.24) is 15.4 Å². The molecule has 0 amide bonds. The molecule has 5 heteroatoms. The lowest BCUT2D eigenvalue weighted by Gasteiger charge is -2.11. The third kappa shape index (κ3) is 3.90. The average molecular weight is 571 g/mol. The molecule has 2 aromatic heterocycles. The first kappa shape index (κ1) is 24.4. The van der Waals surface area contributed by atoms with Crippen LogP contribution in [0.2, 0.25) is 0 Å². The van der Waals surface area contributed by atoms with E-state index in [4.69, 9.17) is 4.99 Å². The lowest BCUT2D eigenvalue weighted by atomic mass is 10.0. The van der Waals surface area contributed by atoms with E-state index in [1.165, 1.54) is 53.1 Å². The molecule has 1 aliphatic rings. The summed E-state index contributed by atoms with van der Waals surface area (Å²) < 4.78 is 5.05. The normalized spacial score (nSPS) is 15.0. The maximum atomic E-state index is 4.90. The van der Waals surface area contributed by atoms with Gasteiger partial charge in [0, 0.05) is 42.2 Å². The quantitative estimate of drug-likeness (QED) is 0.221. The number of hydrogen-bond acceptors (Lipinski definition) is 4. The number of aliphatic imine (C=N–C) groups is 1. The van der Waals surface area contributed by atoms with Crippen LogP contribution in [-0.2, 0) is 0 Å². The highest BCUT2D eigenvalue weighted by atomic mass is 32.1. The second kappa shape index (κ2) is 9.66. The minimum absolute atomic E-state index is 0.1000. The van der Waals surface area contributed by atoms with E-state index in [2.05, 4.69) is 137 Å². The number of hydrogen-bond donors (Lipinski definition) is 2. The lowest BCUT2D eigenvalue weighted by molar-refractivity contribution is 0.575. The number of hydrazine groups is 1. The van der Waals surface area contributed by atoms with Gasteiger partial charge in [0.2, 0.25) is 0 Å². The Morgan fingerprint density at radius 1 is 0.581 bits per heavy atom. The predicted octanol–water partition coefficient (Wildman–Crippen LogP) is 9.37. The molecule has 0 saturated carbocycles. The molecule has 4 nitrogen and oxygen atoms in total. The minimum Gasteiger partial charge on any atom is -0.309 e. The van der Waals surface area contributed by atoms with Crippen LogP contribution in [0, 0.1) is 0 Å². The predicted molar refractivity (Wildman–Crippen MR) is 181 cm³/mol. The van der Waals surface area contributed by atoms with E-state index in [0.717, 1.165) is 22.6 Å². The molecule has 0 fully saturated rings. The molecule has 0 saturated heterocycles. The van der Waals surface area contributed by atoms with Crippen LogP contribution in [0.25, 0.3) is 58.8 Å². The molecule has 0 bridgehead atoms. The Kier molecular flexibility index (Phi) is 5.48. The second-order valence-corrected chi connectivity index (χ2v) is 12.0. The molecule has 0 aliphatic carbocycles. The summed E-state index contributed by atoms with van der Waals surface area (Å²) in [5.74, 6) is 0.848. The highest BCUT2D eigenvalue weighted by Gasteiger charge is 2.20. The standard InChI is InChI=1S/C38H26N4S/c1-2-9-24(10-3-1)37-39-38(41-40-37)25-17-20-27(21-18-25)42-33-15-6-4-11-29(33)30-22-19-26(23-34(30)42)28-13-8-14-32-31-12-5-7-16-35(31)43-36(28)32/h1-23,37,40H,(H,39,41). The summed E-state index contributed by atoms with van der Waals surface area (Å²) in [5, 5.41) is 5.15. The van der Waals surface area contributed by atoms with Crippen molar-refractivity contribution in [3.63, 3.8) is 0 Å². The number of rotatable bonds is 4. The van der Waals surface area contributed by atoms with Gasteiger partial charge in [-0.1, -0.05) is 97.1 Å². The zero-order chi connectivity index (χ0) is 28.3. The lowest BCUT2D eigenvalue weighted by Crippen LogP contribution is -2.31. The molecule has 2 N–H and O–H groups in total. The Labute approximate surface area is 252 Å². The van der Waals surface area contributed by atoms with Crippen molar-refractivity contribution in [2.75, 3.05) is 0 Å². The van der Waals surface area contributed by atoms with Crippen LogP contribution in [0.15, 0.2) is 145 Å². The first-order valence-electron chi connectivity index (χ1n) is 14.5. The van der Waals surface area contributed by atoms with Crippen molar-refractivity contribution in [1.29, 1.82) is 0 Å². The molecule has 1 unspecified atom stereocenters. The molecule has 0 spiro atoms. The van der Waals surface area contributed by atoms with E-state index in [1.54, 1.807) is 0 Å². The van der Waals surface area contributed by atoms with Crippen molar-refractivity contribution in [3.05, 3.63) is 151 Å². The van der Waals surface area contributed by atoms with E-state index in [1.807, 2.05) is 29.5 Å². The molecule has 6 aromatic carbocycles. The number of aromatic nitrogens is 1. The highest BCUT2D eigenvalue weighted by Crippen LogP contribution is 2.41. The van der Waals surface area contributed by atoms with Gasteiger partial charge in [0.25, 0.3) is 0 Å². The van der Waals surface area contributed by atoms with Gasteiger partial charge in [0.05, 0.1) is 11.0 Å². The fourth-order valence-electron chi connectivity index (χ4n) is 6.43. The number of benzene rings is 6. The molecular formula is C38H26N4S. The van der Waals surface area contributed by atoms with Gasteiger partial charge in [0.15, 0.2) is 0 Å². The number of thiophene rings is 1. The van der Waals surface area contributed by atoms with Crippen molar-refractivity contribution >= 4 is 59.2 Å². The van der Waals surface area contributed by atoms with Crippen LogP contribution < -0.4 is 10.9 Å². The van der Waals surface area contributed by atoms with Gasteiger partial charge in [-0.25, -0.2) is 10.4 Å². The summed E-state index contributed by atoms with van der Waals surface area (Å²) in [6, 6.07) is 50.0. The summed E-state index contributed by atoms with van der Waals surface area (Å²) in [4.78, 5) is 4.90. The number of nitrogens with zero attached hydrogens (tertiary/aromatic N) is 2. The fourth-order valence-corrected chi connectivity index (χ4v) is 7.67. The smallest absolute Gasteiger partial charge is 0.144 e. The topological polar surface area (TPSA) is 41.4 Å². The van der Waals surface area contributed by atoms with E-state index in [9.17, 15) is 0 Å². The summed E-state index contributed by atoms with van der Waals surface area (Å²) in [6.07, 6.45) is -0.1000. The number of nitrogens with one attached hydrogen (secondary N) is 2.